The van der Waals surface area contributed by atoms with Crippen LogP contribution < -0.4 is 5.14 Å². The molecular weight excluding hydrogens is 330 g/mol. The minimum absolute atomic E-state index is 0.00120. The minimum atomic E-state index is -3.98. The summed E-state index contributed by atoms with van der Waals surface area (Å²) in [5.74, 6) is -2.36. The first-order valence-corrected chi connectivity index (χ1v) is 8.96. The number of hydrogen-bond acceptors (Lipinski definition) is 5. The van der Waals surface area contributed by atoms with Crippen molar-refractivity contribution >= 4 is 33.4 Å². The van der Waals surface area contributed by atoms with E-state index in [-0.39, 0.29) is 38.5 Å². The van der Waals surface area contributed by atoms with E-state index in [9.17, 15) is 23.1 Å². The molecule has 2 rings (SSSR count). The molecule has 0 spiro atoms. The summed E-state index contributed by atoms with van der Waals surface area (Å²) in [6.45, 7) is -0.119. The van der Waals surface area contributed by atoms with E-state index in [1.54, 1.807) is 0 Å². The van der Waals surface area contributed by atoms with Crippen LogP contribution in [0.2, 0.25) is 0 Å². The van der Waals surface area contributed by atoms with Gasteiger partial charge in [0.1, 0.15) is 0 Å². The van der Waals surface area contributed by atoms with E-state index >= 15 is 0 Å². The van der Waals surface area contributed by atoms with Crippen LogP contribution in [0.4, 0.5) is 0 Å². The maximum Gasteiger partial charge on any atom is 0.309 e. The van der Waals surface area contributed by atoms with E-state index in [0.717, 1.165) is 9.18 Å². The van der Waals surface area contributed by atoms with Crippen LogP contribution in [0, 0.1) is 5.92 Å². The average Bonchev–Trinajstić information content (AvgIpc) is 2.79. The second-order valence-corrected chi connectivity index (χ2v) is 7.61. The van der Waals surface area contributed by atoms with Crippen LogP contribution in [0.5, 0.6) is 0 Å². The van der Waals surface area contributed by atoms with Crippen molar-refractivity contribution < 1.29 is 23.1 Å². The van der Waals surface area contributed by atoms with Crippen LogP contribution in [0.15, 0.2) is 17.5 Å². The van der Waals surface area contributed by atoms with Gasteiger partial charge in [-0.25, -0.2) is 5.14 Å². The number of amides is 1. The van der Waals surface area contributed by atoms with Crippen LogP contribution in [0.25, 0.3) is 0 Å². The summed E-state index contributed by atoms with van der Waals surface area (Å²) in [7, 11) is -3.98. The third kappa shape index (κ3) is 4.26. The highest BCUT2D eigenvalue weighted by Crippen LogP contribution is 2.15. The normalized spacial score (nSPS) is 20.6. The van der Waals surface area contributed by atoms with Crippen LogP contribution in [0.3, 0.4) is 0 Å². The Bertz CT molecular complexity index is 644. The fourth-order valence-corrected chi connectivity index (χ4v) is 3.69. The third-order valence-corrected chi connectivity index (χ3v) is 5.38. The zero-order valence-corrected chi connectivity index (χ0v) is 13.3. The summed E-state index contributed by atoms with van der Waals surface area (Å²) in [4.78, 5) is 25.8. The van der Waals surface area contributed by atoms with Gasteiger partial charge in [-0.2, -0.15) is 12.7 Å². The first kappa shape index (κ1) is 16.9. The maximum absolute atomic E-state index is 12.3. The number of carbonyl (C=O) groups excluding carboxylic acids is 1. The second-order valence-electron chi connectivity index (χ2n) is 5.03. The van der Waals surface area contributed by atoms with Gasteiger partial charge in [-0.05, 0) is 11.4 Å². The van der Waals surface area contributed by atoms with E-state index in [1.165, 1.54) is 16.2 Å². The molecule has 1 aliphatic rings. The lowest BCUT2D eigenvalue weighted by atomic mass is 10.1. The lowest BCUT2D eigenvalue weighted by Gasteiger charge is -2.21. The number of hydrogen-bond donors (Lipinski definition) is 2. The summed E-state index contributed by atoms with van der Waals surface area (Å²) in [6.07, 6.45) is 0.180. The average molecular weight is 347 g/mol. The SMILES string of the molecule is NS(=O)(=O)N1CCN(C(=O)Cc2cccs2)CC(C(=O)O)C1. The van der Waals surface area contributed by atoms with E-state index in [0.29, 0.717) is 0 Å². The second kappa shape index (κ2) is 6.73. The van der Waals surface area contributed by atoms with Crippen LogP contribution in [0.1, 0.15) is 4.88 Å². The van der Waals surface area contributed by atoms with Gasteiger partial charge in [0.25, 0.3) is 10.2 Å². The Morgan fingerprint density at radius 3 is 2.64 bits per heavy atom. The topological polar surface area (TPSA) is 121 Å². The highest BCUT2D eigenvalue weighted by molar-refractivity contribution is 7.86. The van der Waals surface area contributed by atoms with Crippen LogP contribution >= 0.6 is 11.3 Å². The Hall–Kier alpha value is -1.49. The predicted molar refractivity (Wildman–Crippen MR) is 80.4 cm³/mol. The van der Waals surface area contributed by atoms with Gasteiger partial charge in [0.05, 0.1) is 12.3 Å². The van der Waals surface area contributed by atoms with Crippen molar-refractivity contribution in [2.75, 3.05) is 26.2 Å². The monoisotopic (exact) mass is 347 g/mol. The van der Waals surface area contributed by atoms with E-state index in [1.807, 2.05) is 17.5 Å². The molecule has 0 aliphatic carbocycles. The van der Waals surface area contributed by atoms with Gasteiger partial charge in [0.2, 0.25) is 5.91 Å². The third-order valence-electron chi connectivity index (χ3n) is 3.45. The molecule has 0 bridgehead atoms. The van der Waals surface area contributed by atoms with Crippen molar-refractivity contribution in [3.63, 3.8) is 0 Å². The van der Waals surface area contributed by atoms with Gasteiger partial charge >= 0.3 is 5.97 Å². The van der Waals surface area contributed by atoms with Crippen molar-refractivity contribution in [2.24, 2.45) is 11.1 Å². The lowest BCUT2D eigenvalue weighted by Crippen LogP contribution is -2.41. The Labute approximate surface area is 132 Å². The Kier molecular flexibility index (Phi) is 5.16. The summed E-state index contributed by atoms with van der Waals surface area (Å²) in [6, 6.07) is 3.66. The molecule has 1 aliphatic heterocycles. The Morgan fingerprint density at radius 2 is 2.09 bits per heavy atom. The van der Waals surface area contributed by atoms with E-state index < -0.39 is 22.1 Å². The van der Waals surface area contributed by atoms with Crippen molar-refractivity contribution in [3.05, 3.63) is 22.4 Å². The molecule has 22 heavy (non-hydrogen) atoms. The highest BCUT2D eigenvalue weighted by Gasteiger charge is 2.33. The summed E-state index contributed by atoms with van der Waals surface area (Å²) in [5, 5.41) is 16.1. The highest BCUT2D eigenvalue weighted by atomic mass is 32.2. The number of nitrogens with zero attached hydrogens (tertiary/aromatic N) is 2. The summed E-state index contributed by atoms with van der Waals surface area (Å²) >= 11 is 1.44. The van der Waals surface area contributed by atoms with Crippen LogP contribution in [-0.4, -0.2) is 60.8 Å². The molecule has 10 heteroatoms. The van der Waals surface area contributed by atoms with Gasteiger partial charge < -0.3 is 10.0 Å². The molecule has 1 aromatic heterocycles. The molecule has 122 valence electrons. The first-order chi connectivity index (χ1) is 10.3. The number of thiophene rings is 1. The quantitative estimate of drug-likeness (QED) is 0.749. The molecule has 3 N–H and O–H groups in total. The van der Waals surface area contributed by atoms with Gasteiger partial charge in [-0.1, -0.05) is 6.07 Å². The molecule has 1 unspecified atom stereocenters. The zero-order valence-electron chi connectivity index (χ0n) is 11.7. The smallest absolute Gasteiger partial charge is 0.309 e. The standard InChI is InChI=1S/C12H17N3O5S2/c13-22(19,20)15-4-3-14(7-9(8-15)12(17)18)11(16)6-10-2-1-5-21-10/h1-2,5,9H,3-4,6-8H2,(H,17,18)(H2,13,19,20). The number of carboxylic acids is 1. The van der Waals surface area contributed by atoms with Crippen LogP contribution in [-0.2, 0) is 26.2 Å². The lowest BCUT2D eigenvalue weighted by molar-refractivity contribution is -0.143. The molecule has 0 radical (unpaired) electrons. The van der Waals surface area contributed by atoms with Gasteiger partial charge in [-0.15, -0.1) is 11.3 Å². The maximum atomic E-state index is 12.3. The van der Waals surface area contributed by atoms with E-state index in [4.69, 9.17) is 5.14 Å². The van der Waals surface area contributed by atoms with Crippen molar-refractivity contribution in [1.29, 1.82) is 0 Å². The number of carboxylic acid groups (broad SMARTS) is 1. The molecule has 1 fully saturated rings. The van der Waals surface area contributed by atoms with Gasteiger partial charge in [0.15, 0.2) is 0 Å². The van der Waals surface area contributed by atoms with Crippen molar-refractivity contribution in [1.82, 2.24) is 9.21 Å². The van der Waals surface area contributed by atoms with Gasteiger partial charge in [-0.3, -0.25) is 9.59 Å². The molecule has 0 aromatic carbocycles. The predicted octanol–water partition coefficient (Wildman–Crippen LogP) is -0.661. The van der Waals surface area contributed by atoms with E-state index in [2.05, 4.69) is 0 Å². The number of carbonyl (C=O) groups is 2. The Balaban J connectivity index is 2.12. The summed E-state index contributed by atoms with van der Waals surface area (Å²) in [5.41, 5.74) is 0. The number of aliphatic carboxylic acids is 1. The molecule has 1 amide bonds. The fourth-order valence-electron chi connectivity index (χ4n) is 2.27. The molecule has 0 saturated carbocycles. The van der Waals surface area contributed by atoms with Gasteiger partial charge in [0, 0.05) is 31.1 Å². The molecule has 2 heterocycles. The molecular formula is C12H17N3O5S2. The first-order valence-electron chi connectivity index (χ1n) is 6.58. The molecule has 1 saturated heterocycles. The number of rotatable bonds is 4. The van der Waals surface area contributed by atoms with Crippen molar-refractivity contribution in [2.45, 2.75) is 6.42 Å². The minimum Gasteiger partial charge on any atom is -0.481 e. The summed E-state index contributed by atoms with van der Waals surface area (Å²) < 4.78 is 23.8. The fraction of sp³-hybridized carbons (Fsp3) is 0.500. The molecule has 1 atom stereocenters. The molecule has 8 nitrogen and oxygen atoms in total. The van der Waals surface area contributed by atoms with Crippen molar-refractivity contribution in [3.8, 4) is 0 Å². The zero-order chi connectivity index (χ0) is 16.3. The number of nitrogens with two attached hydrogens (primary N) is 1. The Morgan fingerprint density at radius 1 is 1.36 bits per heavy atom. The largest absolute Gasteiger partial charge is 0.481 e. The molecule has 1 aromatic rings.